The van der Waals surface area contributed by atoms with Crippen molar-refractivity contribution in [3.63, 3.8) is 0 Å². The van der Waals surface area contributed by atoms with Crippen LogP contribution < -0.4 is 16.6 Å². The van der Waals surface area contributed by atoms with Crippen LogP contribution in [0, 0.1) is 5.82 Å². The minimum absolute atomic E-state index is 0.0123. The summed E-state index contributed by atoms with van der Waals surface area (Å²) in [5, 5.41) is 7.77. The fraction of sp³-hybridized carbons (Fsp3) is 0.333. The summed E-state index contributed by atoms with van der Waals surface area (Å²) in [6.45, 7) is 7.49. The summed E-state index contributed by atoms with van der Waals surface area (Å²) in [5.41, 5.74) is 0.301. The quantitative estimate of drug-likeness (QED) is 0.450. The van der Waals surface area contributed by atoms with Gasteiger partial charge >= 0.3 is 5.69 Å². The molecule has 2 aromatic heterocycles. The molecule has 0 bridgehead atoms. The molecule has 0 saturated heterocycles. The van der Waals surface area contributed by atoms with Crippen molar-refractivity contribution in [2.75, 3.05) is 0 Å². The van der Waals surface area contributed by atoms with E-state index in [0.717, 1.165) is 6.42 Å². The van der Waals surface area contributed by atoms with Crippen LogP contribution in [0.25, 0.3) is 16.7 Å². The largest absolute Gasteiger partial charge is 0.352 e. The lowest BCUT2D eigenvalue weighted by Crippen LogP contribution is -2.32. The molecule has 4 aromatic rings. The number of aromatic nitrogens is 4. The molecule has 0 aliphatic rings. The predicted octanol–water partition coefficient (Wildman–Crippen LogP) is 3.76. The lowest BCUT2D eigenvalue weighted by atomic mass is 10.1. The summed E-state index contributed by atoms with van der Waals surface area (Å²) >= 11 is 6.15. The summed E-state index contributed by atoms with van der Waals surface area (Å²) in [4.78, 5) is 39.4. The maximum atomic E-state index is 13.5. The highest BCUT2D eigenvalue weighted by molar-refractivity contribution is 6.31. The van der Waals surface area contributed by atoms with E-state index < -0.39 is 11.5 Å². The highest BCUT2D eigenvalue weighted by atomic mass is 35.5. The van der Waals surface area contributed by atoms with Crippen molar-refractivity contribution in [3.8, 4) is 0 Å². The number of amides is 1. The Balaban J connectivity index is 1.97. The Kier molecular flexibility index (Phi) is 6.31. The second-order valence-electron chi connectivity index (χ2n) is 8.59. The second-order valence-corrected chi connectivity index (χ2v) is 9.00. The minimum Gasteiger partial charge on any atom is -0.350 e. The van der Waals surface area contributed by atoms with Crippen LogP contribution in [-0.4, -0.2) is 30.7 Å². The van der Waals surface area contributed by atoms with Gasteiger partial charge in [0.25, 0.3) is 11.5 Å². The molecule has 0 spiro atoms. The van der Waals surface area contributed by atoms with Gasteiger partial charge in [-0.15, -0.1) is 5.10 Å². The summed E-state index contributed by atoms with van der Waals surface area (Å²) in [7, 11) is 0. The molecule has 2 heterocycles. The van der Waals surface area contributed by atoms with Gasteiger partial charge in [-0.1, -0.05) is 24.6 Å². The molecule has 0 radical (unpaired) electrons. The van der Waals surface area contributed by atoms with Gasteiger partial charge in [0.05, 0.1) is 17.4 Å². The fourth-order valence-electron chi connectivity index (χ4n) is 3.81. The molecule has 34 heavy (non-hydrogen) atoms. The normalized spacial score (nSPS) is 12.6. The number of benzene rings is 2. The standard InChI is InChI=1S/C24H25ClFN5O3/c1-5-14(4)27-21(32)15-7-9-18-20(10-15)31-23(30(13(2)3)22(18)33)28-29(24(31)34)12-16-6-8-17(26)11-19(16)25/h6-11,13-14H,5,12H2,1-4H3,(H,27,32). The third-order valence-corrected chi connectivity index (χ3v) is 6.18. The number of nitrogens with one attached hydrogen (secondary N) is 1. The molecule has 0 saturated carbocycles. The van der Waals surface area contributed by atoms with E-state index in [2.05, 4.69) is 10.4 Å². The molecule has 0 aliphatic carbocycles. The first-order chi connectivity index (χ1) is 16.1. The third kappa shape index (κ3) is 4.11. The molecule has 1 atom stereocenters. The van der Waals surface area contributed by atoms with E-state index in [1.807, 2.05) is 27.7 Å². The van der Waals surface area contributed by atoms with E-state index in [0.29, 0.717) is 16.5 Å². The SMILES string of the molecule is CCC(C)NC(=O)c1ccc2c(=O)n(C(C)C)c3nn(Cc4ccc(F)cc4Cl)c(=O)n3c2c1. The molecule has 4 rings (SSSR count). The number of nitrogens with zero attached hydrogens (tertiary/aromatic N) is 4. The molecule has 178 valence electrons. The first kappa shape index (κ1) is 23.7. The van der Waals surface area contributed by atoms with Gasteiger partial charge in [0, 0.05) is 22.7 Å². The van der Waals surface area contributed by atoms with Crippen LogP contribution >= 0.6 is 11.6 Å². The number of fused-ring (bicyclic) bond motifs is 3. The predicted molar refractivity (Wildman–Crippen MR) is 129 cm³/mol. The molecule has 2 aromatic carbocycles. The lowest BCUT2D eigenvalue weighted by molar-refractivity contribution is 0.0939. The van der Waals surface area contributed by atoms with Gasteiger partial charge in [-0.2, -0.15) is 0 Å². The smallest absolute Gasteiger partial charge is 0.350 e. The van der Waals surface area contributed by atoms with Crippen molar-refractivity contribution < 1.29 is 9.18 Å². The summed E-state index contributed by atoms with van der Waals surface area (Å²) in [5.74, 6) is -0.634. The zero-order chi connectivity index (χ0) is 24.7. The first-order valence-electron chi connectivity index (χ1n) is 11.0. The van der Waals surface area contributed by atoms with Crippen LogP contribution in [0.1, 0.15) is 56.1 Å². The zero-order valence-corrected chi connectivity index (χ0v) is 20.1. The topological polar surface area (TPSA) is 90.4 Å². The van der Waals surface area contributed by atoms with Crippen molar-refractivity contribution in [1.29, 1.82) is 0 Å². The van der Waals surface area contributed by atoms with Crippen LogP contribution in [0.2, 0.25) is 5.02 Å². The Hall–Kier alpha value is -3.46. The minimum atomic E-state index is -0.505. The summed E-state index contributed by atoms with van der Waals surface area (Å²) in [6.07, 6.45) is 0.765. The van der Waals surface area contributed by atoms with Crippen molar-refractivity contribution >= 4 is 34.2 Å². The van der Waals surface area contributed by atoms with Gasteiger partial charge in [-0.3, -0.25) is 14.2 Å². The number of hydrogen-bond donors (Lipinski definition) is 1. The number of rotatable bonds is 6. The van der Waals surface area contributed by atoms with Gasteiger partial charge in [-0.05, 0) is 63.1 Å². The maximum Gasteiger partial charge on any atom is 0.352 e. The van der Waals surface area contributed by atoms with E-state index in [4.69, 9.17) is 11.6 Å². The fourth-order valence-corrected chi connectivity index (χ4v) is 4.04. The number of carbonyl (C=O) groups excluding carboxylic acids is 1. The molecule has 1 unspecified atom stereocenters. The Morgan fingerprint density at radius 2 is 1.88 bits per heavy atom. The zero-order valence-electron chi connectivity index (χ0n) is 19.3. The Morgan fingerprint density at radius 1 is 1.15 bits per heavy atom. The molecule has 1 N–H and O–H groups in total. The van der Waals surface area contributed by atoms with Crippen LogP contribution in [0.5, 0.6) is 0 Å². The Labute approximate surface area is 199 Å². The molecule has 0 fully saturated rings. The molecule has 0 aliphatic heterocycles. The lowest BCUT2D eigenvalue weighted by Gasteiger charge is -2.14. The highest BCUT2D eigenvalue weighted by Gasteiger charge is 2.21. The first-order valence-corrected chi connectivity index (χ1v) is 11.4. The van der Waals surface area contributed by atoms with Crippen molar-refractivity contribution in [2.45, 2.75) is 52.7 Å². The molecule has 1 amide bonds. The van der Waals surface area contributed by atoms with Gasteiger partial charge in [0.15, 0.2) is 0 Å². The van der Waals surface area contributed by atoms with Gasteiger partial charge < -0.3 is 5.32 Å². The highest BCUT2D eigenvalue weighted by Crippen LogP contribution is 2.20. The number of carbonyl (C=O) groups is 1. The van der Waals surface area contributed by atoms with Gasteiger partial charge in [0.1, 0.15) is 5.82 Å². The third-order valence-electron chi connectivity index (χ3n) is 5.83. The second kappa shape index (κ2) is 9.06. The Bertz CT molecular complexity index is 1540. The van der Waals surface area contributed by atoms with Crippen LogP contribution in [0.4, 0.5) is 4.39 Å². The van der Waals surface area contributed by atoms with Crippen molar-refractivity contribution in [1.82, 2.24) is 24.1 Å². The van der Waals surface area contributed by atoms with Crippen LogP contribution in [0.3, 0.4) is 0 Å². The van der Waals surface area contributed by atoms with Gasteiger partial charge in [-0.25, -0.2) is 18.3 Å². The summed E-state index contributed by atoms with van der Waals surface area (Å²) < 4.78 is 17.4. The molecule has 10 heteroatoms. The van der Waals surface area contributed by atoms with Crippen molar-refractivity contribution in [3.05, 3.63) is 79.2 Å². The molecule has 8 nitrogen and oxygen atoms in total. The number of halogens is 2. The maximum absolute atomic E-state index is 13.5. The van der Waals surface area contributed by atoms with Crippen LogP contribution in [-0.2, 0) is 6.54 Å². The van der Waals surface area contributed by atoms with Gasteiger partial charge in [0.2, 0.25) is 5.78 Å². The van der Waals surface area contributed by atoms with E-state index in [9.17, 15) is 18.8 Å². The number of hydrogen-bond acceptors (Lipinski definition) is 4. The van der Waals surface area contributed by atoms with Crippen LogP contribution in [0.15, 0.2) is 46.0 Å². The van der Waals surface area contributed by atoms with E-state index in [1.165, 1.54) is 37.9 Å². The monoisotopic (exact) mass is 485 g/mol. The summed E-state index contributed by atoms with van der Waals surface area (Å²) in [6, 6.07) is 8.26. The molecular formula is C24H25ClFN5O3. The van der Waals surface area contributed by atoms with Crippen molar-refractivity contribution in [2.24, 2.45) is 0 Å². The van der Waals surface area contributed by atoms with E-state index >= 15 is 0 Å². The average Bonchev–Trinajstić information content (AvgIpc) is 3.10. The van der Waals surface area contributed by atoms with E-state index in [-0.39, 0.29) is 46.4 Å². The Morgan fingerprint density at radius 3 is 2.53 bits per heavy atom. The molecular weight excluding hydrogens is 461 g/mol. The van der Waals surface area contributed by atoms with E-state index in [1.54, 1.807) is 12.1 Å². The average molecular weight is 486 g/mol.